The third-order valence-electron chi connectivity index (χ3n) is 1.62. The van der Waals surface area contributed by atoms with E-state index in [-0.39, 0.29) is 0 Å². The molecule has 0 fully saturated rings. The minimum Gasteiger partial charge on any atom is -0.484 e. The van der Waals surface area contributed by atoms with E-state index in [0.717, 1.165) is 16.0 Å². The van der Waals surface area contributed by atoms with Crippen LogP contribution in [0.25, 0.3) is 0 Å². The van der Waals surface area contributed by atoms with Crippen LogP contribution in [0.3, 0.4) is 0 Å². The van der Waals surface area contributed by atoms with Crippen molar-refractivity contribution in [2.75, 3.05) is 6.61 Å². The number of halogens is 2. The summed E-state index contributed by atoms with van der Waals surface area (Å²) in [6.45, 7) is 0.484. The Hall–Kier alpha value is -0.480. The summed E-state index contributed by atoms with van der Waals surface area (Å²) in [6.07, 6.45) is 0. The molecule has 0 N–H and O–H groups in total. The molecule has 0 aliphatic carbocycles. The molecule has 4 heteroatoms. The van der Waals surface area contributed by atoms with Gasteiger partial charge in [-0.1, -0.05) is 12.1 Å². The van der Waals surface area contributed by atoms with E-state index in [2.05, 4.69) is 31.9 Å². The molecule has 0 bridgehead atoms. The molecule has 1 aromatic carbocycles. The third kappa shape index (κ3) is 1.89. The molecule has 1 aromatic rings. The fourth-order valence-electron chi connectivity index (χ4n) is 1.00. The molecule has 13 heavy (non-hydrogen) atoms. The highest BCUT2D eigenvalue weighted by molar-refractivity contribution is 9.14. The summed E-state index contributed by atoms with van der Waals surface area (Å²) in [5.74, 6) is 1.48. The van der Waals surface area contributed by atoms with Crippen LogP contribution in [0.5, 0.6) is 11.5 Å². The smallest absolute Gasteiger partial charge is 0.183 e. The molecule has 1 heterocycles. The second kappa shape index (κ2) is 3.72. The fourth-order valence-corrected chi connectivity index (χ4v) is 1.49. The van der Waals surface area contributed by atoms with Gasteiger partial charge in [-0.2, -0.15) is 0 Å². The first-order valence-electron chi connectivity index (χ1n) is 3.71. The third-order valence-corrected chi connectivity index (χ3v) is 3.38. The molecule has 0 atom stereocenters. The summed E-state index contributed by atoms with van der Waals surface area (Å²) in [5.41, 5.74) is 0. The maximum atomic E-state index is 5.49. The zero-order chi connectivity index (χ0) is 9.26. The normalized spacial score (nSPS) is 15.5. The van der Waals surface area contributed by atoms with E-state index in [1.54, 1.807) is 0 Å². The number of benzene rings is 1. The quantitative estimate of drug-likeness (QED) is 0.731. The zero-order valence-corrected chi connectivity index (χ0v) is 9.76. The maximum Gasteiger partial charge on any atom is 0.183 e. The summed E-state index contributed by atoms with van der Waals surface area (Å²) in [6, 6.07) is 7.56. The van der Waals surface area contributed by atoms with E-state index < -0.39 is 0 Å². The van der Waals surface area contributed by atoms with E-state index in [9.17, 15) is 0 Å². The number of hydrogen-bond acceptors (Lipinski definition) is 2. The Balaban J connectivity index is 2.39. The lowest BCUT2D eigenvalue weighted by Crippen LogP contribution is -1.94. The zero-order valence-electron chi connectivity index (χ0n) is 6.59. The van der Waals surface area contributed by atoms with Gasteiger partial charge in [-0.05, 0) is 44.0 Å². The van der Waals surface area contributed by atoms with E-state index >= 15 is 0 Å². The highest BCUT2D eigenvalue weighted by atomic mass is 79.9. The average Bonchev–Trinajstić information content (AvgIpc) is 2.28. The SMILES string of the molecule is BrC1=C(Br)Oc2ccccc2OC1. The summed E-state index contributed by atoms with van der Waals surface area (Å²) < 4.78 is 12.5. The topological polar surface area (TPSA) is 18.5 Å². The van der Waals surface area contributed by atoms with Crippen LogP contribution in [0, 0.1) is 0 Å². The highest BCUT2D eigenvalue weighted by Gasteiger charge is 2.13. The Labute approximate surface area is 92.8 Å². The van der Waals surface area contributed by atoms with Crippen molar-refractivity contribution in [3.8, 4) is 11.5 Å². The van der Waals surface area contributed by atoms with Crippen LogP contribution in [0.15, 0.2) is 33.4 Å². The average molecular weight is 306 g/mol. The Morgan fingerprint density at radius 1 is 1.08 bits per heavy atom. The van der Waals surface area contributed by atoms with Gasteiger partial charge in [0.15, 0.2) is 16.2 Å². The largest absolute Gasteiger partial charge is 0.484 e. The minimum atomic E-state index is 0.484. The van der Waals surface area contributed by atoms with E-state index in [1.807, 2.05) is 24.3 Å². The van der Waals surface area contributed by atoms with Crippen LogP contribution in [0.4, 0.5) is 0 Å². The molecule has 0 amide bonds. The van der Waals surface area contributed by atoms with Gasteiger partial charge in [-0.3, -0.25) is 0 Å². The molecule has 0 saturated heterocycles. The van der Waals surface area contributed by atoms with Gasteiger partial charge in [0.25, 0.3) is 0 Å². The van der Waals surface area contributed by atoms with Crippen LogP contribution in [-0.4, -0.2) is 6.61 Å². The van der Waals surface area contributed by atoms with E-state index in [1.165, 1.54) is 0 Å². The summed E-state index contributed by atoms with van der Waals surface area (Å²) in [7, 11) is 0. The van der Waals surface area contributed by atoms with Crippen LogP contribution >= 0.6 is 31.9 Å². The molecule has 0 unspecified atom stereocenters. The number of para-hydroxylation sites is 2. The maximum absolute atomic E-state index is 5.49. The second-order valence-corrected chi connectivity index (χ2v) is 4.19. The van der Waals surface area contributed by atoms with E-state index in [4.69, 9.17) is 9.47 Å². The van der Waals surface area contributed by atoms with Crippen LogP contribution in [0.2, 0.25) is 0 Å². The molecular formula is C9H6Br2O2. The van der Waals surface area contributed by atoms with Crippen LogP contribution < -0.4 is 9.47 Å². The summed E-state index contributed by atoms with van der Waals surface area (Å²) in [5, 5.41) is 0. The van der Waals surface area contributed by atoms with Crippen molar-refractivity contribution in [1.82, 2.24) is 0 Å². The van der Waals surface area contributed by atoms with Crippen LogP contribution in [0.1, 0.15) is 0 Å². The highest BCUT2D eigenvalue weighted by Crippen LogP contribution is 2.34. The van der Waals surface area contributed by atoms with Gasteiger partial charge in [-0.15, -0.1) is 0 Å². The molecule has 2 nitrogen and oxygen atoms in total. The Morgan fingerprint density at radius 3 is 2.54 bits per heavy atom. The minimum absolute atomic E-state index is 0.484. The van der Waals surface area contributed by atoms with Gasteiger partial charge < -0.3 is 9.47 Å². The Morgan fingerprint density at radius 2 is 1.77 bits per heavy atom. The molecule has 0 radical (unpaired) electrons. The van der Waals surface area contributed by atoms with Crippen molar-refractivity contribution >= 4 is 31.9 Å². The molecule has 2 rings (SSSR count). The van der Waals surface area contributed by atoms with E-state index in [0.29, 0.717) is 11.3 Å². The van der Waals surface area contributed by atoms with Gasteiger partial charge in [-0.25, -0.2) is 0 Å². The van der Waals surface area contributed by atoms with Crippen LogP contribution in [-0.2, 0) is 0 Å². The molecule has 1 aliphatic rings. The lowest BCUT2D eigenvalue weighted by molar-refractivity contribution is 0.354. The molecule has 0 saturated carbocycles. The van der Waals surface area contributed by atoms with Crippen molar-refractivity contribution in [1.29, 1.82) is 0 Å². The Kier molecular flexibility index (Phi) is 2.60. The first-order valence-corrected chi connectivity index (χ1v) is 5.30. The van der Waals surface area contributed by atoms with Crippen molar-refractivity contribution in [3.63, 3.8) is 0 Å². The Bertz CT molecular complexity index is 360. The first kappa shape index (κ1) is 9.09. The number of hydrogen-bond donors (Lipinski definition) is 0. The molecule has 1 aliphatic heterocycles. The lowest BCUT2D eigenvalue weighted by Gasteiger charge is -2.05. The van der Waals surface area contributed by atoms with Gasteiger partial charge in [0.2, 0.25) is 0 Å². The molecule has 0 aromatic heterocycles. The molecular weight excluding hydrogens is 300 g/mol. The molecule has 0 spiro atoms. The second-order valence-electron chi connectivity index (χ2n) is 2.52. The van der Waals surface area contributed by atoms with Crippen molar-refractivity contribution < 1.29 is 9.47 Å². The van der Waals surface area contributed by atoms with Gasteiger partial charge in [0, 0.05) is 0 Å². The predicted octanol–water partition coefficient (Wildman–Crippen LogP) is 3.42. The number of rotatable bonds is 0. The van der Waals surface area contributed by atoms with Crippen molar-refractivity contribution in [2.24, 2.45) is 0 Å². The first-order chi connectivity index (χ1) is 6.27. The van der Waals surface area contributed by atoms with Crippen molar-refractivity contribution in [3.05, 3.63) is 33.4 Å². The number of ether oxygens (including phenoxy) is 2. The monoisotopic (exact) mass is 304 g/mol. The summed E-state index contributed by atoms with van der Waals surface area (Å²) >= 11 is 6.65. The predicted molar refractivity (Wildman–Crippen MR) is 57.4 cm³/mol. The van der Waals surface area contributed by atoms with Gasteiger partial charge in [0.05, 0.1) is 4.48 Å². The fraction of sp³-hybridized carbons (Fsp3) is 0.111. The lowest BCUT2D eigenvalue weighted by atomic mass is 10.3. The standard InChI is InChI=1S/C9H6Br2O2/c10-6-5-12-7-3-1-2-4-8(7)13-9(6)11/h1-4H,5H2. The van der Waals surface area contributed by atoms with Crippen molar-refractivity contribution in [2.45, 2.75) is 0 Å². The number of fused-ring (bicyclic) bond motifs is 1. The van der Waals surface area contributed by atoms with Gasteiger partial charge >= 0.3 is 0 Å². The molecule has 68 valence electrons. The van der Waals surface area contributed by atoms with Gasteiger partial charge in [0.1, 0.15) is 6.61 Å². The summed E-state index contributed by atoms with van der Waals surface area (Å²) in [4.78, 5) is 0.